The van der Waals surface area contributed by atoms with Crippen molar-refractivity contribution in [2.45, 2.75) is 88.8 Å². The number of nitrogens with one attached hydrogen (secondary N) is 2. The summed E-state index contributed by atoms with van der Waals surface area (Å²) in [5, 5.41) is 20.0. The molecule has 2 heterocycles. The highest BCUT2D eigenvalue weighted by Gasteiger charge is 2.33. The smallest absolute Gasteiger partial charge is 0.218 e. The predicted octanol–water partition coefficient (Wildman–Crippen LogP) is 8.53. The summed E-state index contributed by atoms with van der Waals surface area (Å²) in [4.78, 5) is 9.66. The number of methoxy groups -OCH3 is 2. The van der Waals surface area contributed by atoms with Crippen LogP contribution in [0.4, 0.5) is 0 Å². The molecule has 0 aliphatic rings. The molecule has 0 aliphatic carbocycles. The third-order valence-electron chi connectivity index (χ3n) is 8.67. The molecule has 4 aromatic rings. The topological polar surface area (TPSA) is 155 Å². The molecule has 0 spiro atoms. The fraction of sp³-hybridized carbons (Fsp3) is 0.450. The molecule has 0 saturated carbocycles. The number of hydrogen-bond acceptors (Lipinski definition) is 10. The lowest BCUT2D eigenvalue weighted by atomic mass is 9.97. The highest BCUT2D eigenvalue weighted by Crippen LogP contribution is 2.43. The van der Waals surface area contributed by atoms with Crippen molar-refractivity contribution in [1.82, 2.24) is 19.4 Å². The summed E-state index contributed by atoms with van der Waals surface area (Å²) in [6.07, 6.45) is 2.07. The van der Waals surface area contributed by atoms with Crippen LogP contribution in [0.15, 0.2) is 60.7 Å². The Morgan fingerprint density at radius 1 is 0.630 bits per heavy atom. The van der Waals surface area contributed by atoms with Crippen molar-refractivity contribution in [3.8, 4) is 45.4 Å². The van der Waals surface area contributed by atoms with Gasteiger partial charge in [0.05, 0.1) is 47.7 Å². The number of aromatic nitrogens is 2. The van der Waals surface area contributed by atoms with Gasteiger partial charge in [0.2, 0.25) is 11.8 Å². The highest BCUT2D eigenvalue weighted by atomic mass is 35.5. The van der Waals surface area contributed by atoms with Gasteiger partial charge in [-0.25, -0.2) is 9.97 Å². The van der Waals surface area contributed by atoms with Crippen molar-refractivity contribution in [2.75, 3.05) is 27.4 Å². The van der Waals surface area contributed by atoms with Gasteiger partial charge in [0, 0.05) is 69.3 Å². The van der Waals surface area contributed by atoms with Gasteiger partial charge in [-0.3, -0.25) is 0 Å². The first-order valence-electron chi connectivity index (χ1n) is 17.8. The average molecular weight is 820 g/mol. The number of aliphatic hydroxyl groups is 2. The van der Waals surface area contributed by atoms with E-state index in [4.69, 9.17) is 42.6 Å². The van der Waals surface area contributed by atoms with E-state index in [1.165, 1.54) is 14.2 Å². The van der Waals surface area contributed by atoms with Crippen molar-refractivity contribution >= 4 is 45.9 Å². The van der Waals surface area contributed by atoms with E-state index in [9.17, 15) is 19.3 Å². The van der Waals surface area contributed by atoms with Gasteiger partial charge in [-0.2, -0.15) is 0 Å². The minimum Gasteiger partial charge on any atom is -0.598 e. The van der Waals surface area contributed by atoms with E-state index in [-0.39, 0.29) is 25.3 Å². The zero-order chi connectivity index (χ0) is 39.8. The molecule has 0 amide bonds. The number of pyridine rings is 2. The second-order valence-corrected chi connectivity index (χ2v) is 19.5. The van der Waals surface area contributed by atoms with E-state index < -0.39 is 32.2 Å². The van der Waals surface area contributed by atoms with Crippen LogP contribution in [0.3, 0.4) is 0 Å². The maximum Gasteiger partial charge on any atom is 0.218 e. The third kappa shape index (κ3) is 10.8. The Kier molecular flexibility index (Phi) is 15.9. The molecular formula is C40H52Cl2N4O6S2. The first kappa shape index (κ1) is 44.1. The summed E-state index contributed by atoms with van der Waals surface area (Å²) in [6, 6.07) is 18.1. The van der Waals surface area contributed by atoms with Crippen LogP contribution in [0.5, 0.6) is 11.8 Å². The van der Waals surface area contributed by atoms with E-state index in [1.54, 1.807) is 0 Å². The maximum absolute atomic E-state index is 13.0. The summed E-state index contributed by atoms with van der Waals surface area (Å²) in [6.45, 7) is 11.4. The first-order valence-corrected chi connectivity index (χ1v) is 20.9. The third-order valence-corrected chi connectivity index (χ3v) is 12.7. The Bertz CT molecular complexity index is 1720. The average Bonchev–Trinajstić information content (AvgIpc) is 3.14. The molecule has 4 N–H and O–H groups in total. The monoisotopic (exact) mass is 818 g/mol. The largest absolute Gasteiger partial charge is 0.598 e. The van der Waals surface area contributed by atoms with E-state index >= 15 is 0 Å². The van der Waals surface area contributed by atoms with Gasteiger partial charge >= 0.3 is 0 Å². The second-order valence-electron chi connectivity index (χ2n) is 14.8. The standard InChI is InChI=1S/C40H52Cl2N4O6S2/c1-39(2,3)53(49)45-33(17-11-23-47)29-19-21-31(43-37(29)51-7)27-15-9-13-25(35(27)41)26-14-10-16-28(36(26)42)32-22-20-30(38(44-32)52-8)34(18-12-24-48)46-54(50)40(4,5)6/h9-10,13-16,19-22,33-34,45-48H,11-12,17-18,23-24H2,1-8H3/t33-,34-,53+,54+/m0/s1. The molecule has 0 unspecified atom stereocenters. The van der Waals surface area contributed by atoms with Crippen molar-refractivity contribution in [3.63, 3.8) is 0 Å². The lowest BCUT2D eigenvalue weighted by molar-refractivity contribution is 0.277. The van der Waals surface area contributed by atoms with Gasteiger partial charge in [0.25, 0.3) is 0 Å². The van der Waals surface area contributed by atoms with Gasteiger partial charge in [-0.15, -0.1) is 9.44 Å². The summed E-state index contributed by atoms with van der Waals surface area (Å²) in [7, 11) is 3.08. The normalized spacial score (nSPS) is 14.4. The van der Waals surface area contributed by atoms with Crippen LogP contribution in [0, 0.1) is 0 Å². The van der Waals surface area contributed by atoms with Crippen molar-refractivity contribution in [1.29, 1.82) is 0 Å². The molecule has 54 heavy (non-hydrogen) atoms. The predicted molar refractivity (Wildman–Crippen MR) is 222 cm³/mol. The van der Waals surface area contributed by atoms with Crippen molar-refractivity contribution in [2.24, 2.45) is 0 Å². The number of ether oxygens (including phenoxy) is 2. The number of rotatable bonds is 17. The van der Waals surface area contributed by atoms with Gasteiger partial charge in [0.15, 0.2) is 0 Å². The Balaban J connectivity index is 1.72. The highest BCUT2D eigenvalue weighted by molar-refractivity contribution is 7.91. The molecule has 0 fully saturated rings. The molecule has 10 nitrogen and oxygen atoms in total. The molecule has 0 aliphatic heterocycles. The number of hydrogen-bond donors (Lipinski definition) is 4. The van der Waals surface area contributed by atoms with Crippen molar-refractivity contribution in [3.05, 3.63) is 81.8 Å². The van der Waals surface area contributed by atoms with Crippen LogP contribution in [0.2, 0.25) is 10.0 Å². The van der Waals surface area contributed by atoms with E-state index in [1.807, 2.05) is 102 Å². The Morgan fingerprint density at radius 3 is 1.30 bits per heavy atom. The van der Waals surface area contributed by atoms with Crippen LogP contribution < -0.4 is 18.9 Å². The molecule has 14 heteroatoms. The fourth-order valence-corrected chi connectivity index (χ4v) is 8.06. The summed E-state index contributed by atoms with van der Waals surface area (Å²) < 4.78 is 43.0. The summed E-state index contributed by atoms with van der Waals surface area (Å²) >= 11 is 11.6. The minimum atomic E-state index is -1.36. The quantitative estimate of drug-likeness (QED) is 0.0763. The molecule has 2 aromatic carbocycles. The molecule has 294 valence electrons. The molecule has 0 bridgehead atoms. The molecular weight excluding hydrogens is 768 g/mol. The lowest BCUT2D eigenvalue weighted by Gasteiger charge is -2.28. The number of aliphatic hydroxyl groups excluding tert-OH is 2. The van der Waals surface area contributed by atoms with Gasteiger partial charge in [-0.05, 0) is 91.5 Å². The molecule has 4 rings (SSSR count). The molecule has 4 atom stereocenters. The van der Waals surface area contributed by atoms with Crippen LogP contribution in [-0.2, 0) is 22.7 Å². The van der Waals surface area contributed by atoms with Gasteiger partial charge in [-0.1, -0.05) is 59.6 Å². The maximum atomic E-state index is 13.0. The van der Waals surface area contributed by atoms with Crippen LogP contribution in [0.1, 0.15) is 90.4 Å². The van der Waals surface area contributed by atoms with Crippen LogP contribution >= 0.6 is 23.2 Å². The van der Waals surface area contributed by atoms with E-state index in [0.29, 0.717) is 81.1 Å². The van der Waals surface area contributed by atoms with Gasteiger partial charge in [0.1, 0.15) is 9.49 Å². The Labute approximate surface area is 336 Å². The lowest BCUT2D eigenvalue weighted by Crippen LogP contribution is -2.41. The van der Waals surface area contributed by atoms with Crippen LogP contribution in [-0.4, -0.2) is 66.2 Å². The fourth-order valence-electron chi connectivity index (χ4n) is 5.69. The van der Waals surface area contributed by atoms with E-state index in [0.717, 1.165) is 11.1 Å². The Morgan fingerprint density at radius 2 is 0.981 bits per heavy atom. The molecule has 0 radical (unpaired) electrons. The SMILES string of the molecule is COc1nc(-c2cccc(-c3cccc(-c4ccc([C@H](CCCO)N[S@+]([O-])C(C)(C)C)c(OC)n4)c3Cl)c2Cl)ccc1[C@H](CCCO)N[S@+]([O-])C(C)(C)C. The number of benzene rings is 2. The number of nitrogens with zero attached hydrogens (tertiary/aromatic N) is 2. The minimum absolute atomic E-state index is 0.000546. The van der Waals surface area contributed by atoms with E-state index in [2.05, 4.69) is 9.44 Å². The van der Waals surface area contributed by atoms with Gasteiger partial charge < -0.3 is 28.8 Å². The molecule has 0 saturated heterocycles. The zero-order valence-corrected chi connectivity index (χ0v) is 35.3. The zero-order valence-electron chi connectivity index (χ0n) is 32.2. The second kappa shape index (κ2) is 19.5. The first-order chi connectivity index (χ1) is 25.5. The van der Waals surface area contributed by atoms with Crippen molar-refractivity contribution < 1.29 is 28.8 Å². The van der Waals surface area contributed by atoms with Crippen LogP contribution in [0.25, 0.3) is 33.6 Å². The molecule has 2 aromatic heterocycles. The summed E-state index contributed by atoms with van der Waals surface area (Å²) in [5.74, 6) is 0.717. The summed E-state index contributed by atoms with van der Waals surface area (Å²) in [5.41, 5.74) is 5.31. The Hall–Kier alpha value is -2.62. The number of halogens is 2.